The summed E-state index contributed by atoms with van der Waals surface area (Å²) in [5.41, 5.74) is 2.45. The van der Waals surface area contributed by atoms with Gasteiger partial charge in [-0.3, -0.25) is 0 Å². The fourth-order valence-corrected chi connectivity index (χ4v) is 3.00. The SMILES string of the molecule is CCNC(=NCCOc1cc(C)cc(C)c1)N(C)CC1CCOC1.I. The highest BCUT2D eigenvalue weighted by molar-refractivity contribution is 14.0. The fourth-order valence-electron chi connectivity index (χ4n) is 3.00. The Labute approximate surface area is 169 Å². The molecule has 1 aliphatic heterocycles. The lowest BCUT2D eigenvalue weighted by Gasteiger charge is -2.24. The molecule has 1 saturated heterocycles. The van der Waals surface area contributed by atoms with Gasteiger partial charge in [0.2, 0.25) is 0 Å². The zero-order valence-corrected chi connectivity index (χ0v) is 18.2. The minimum Gasteiger partial charge on any atom is -0.492 e. The van der Waals surface area contributed by atoms with Crippen LogP contribution in [0.5, 0.6) is 5.75 Å². The molecule has 0 aromatic heterocycles. The van der Waals surface area contributed by atoms with Gasteiger partial charge in [-0.25, -0.2) is 4.99 Å². The first-order valence-corrected chi connectivity index (χ1v) is 8.86. The minimum atomic E-state index is 0. The molecule has 0 radical (unpaired) electrons. The van der Waals surface area contributed by atoms with Crippen LogP contribution in [0.1, 0.15) is 24.5 Å². The number of nitrogens with zero attached hydrogens (tertiary/aromatic N) is 2. The zero-order valence-electron chi connectivity index (χ0n) is 15.9. The van der Waals surface area contributed by atoms with Gasteiger partial charge in [0.05, 0.1) is 13.2 Å². The Kier molecular flexibility index (Phi) is 10.2. The van der Waals surface area contributed by atoms with Gasteiger partial charge in [-0.15, -0.1) is 24.0 Å². The Morgan fingerprint density at radius 2 is 2.04 bits per heavy atom. The molecule has 0 bridgehead atoms. The van der Waals surface area contributed by atoms with Gasteiger partial charge in [0, 0.05) is 32.7 Å². The fraction of sp³-hybridized carbons (Fsp3) is 0.632. The maximum Gasteiger partial charge on any atom is 0.193 e. The van der Waals surface area contributed by atoms with Crippen LogP contribution in [0.4, 0.5) is 0 Å². The Balaban J connectivity index is 0.00000312. The quantitative estimate of drug-likeness (QED) is 0.293. The maximum atomic E-state index is 5.84. The lowest BCUT2D eigenvalue weighted by Crippen LogP contribution is -2.41. The number of guanidine groups is 1. The van der Waals surface area contributed by atoms with Gasteiger partial charge in [-0.2, -0.15) is 0 Å². The van der Waals surface area contributed by atoms with Crippen LogP contribution in [-0.4, -0.2) is 57.4 Å². The second-order valence-electron chi connectivity index (χ2n) is 6.52. The van der Waals surface area contributed by atoms with Gasteiger partial charge in [0.1, 0.15) is 12.4 Å². The highest BCUT2D eigenvalue weighted by Gasteiger charge is 2.18. The number of nitrogens with one attached hydrogen (secondary N) is 1. The lowest BCUT2D eigenvalue weighted by atomic mass is 10.1. The third kappa shape index (κ3) is 7.81. The number of aliphatic imine (C=N–C) groups is 1. The van der Waals surface area contributed by atoms with E-state index in [1.165, 1.54) is 11.1 Å². The molecule has 0 saturated carbocycles. The average molecular weight is 461 g/mol. The van der Waals surface area contributed by atoms with Crippen molar-refractivity contribution < 1.29 is 9.47 Å². The van der Waals surface area contributed by atoms with Gasteiger partial charge in [0.25, 0.3) is 0 Å². The standard InChI is InChI=1S/C19H31N3O2.HI/c1-5-20-19(22(4)13-17-6-8-23-14-17)21-7-9-24-18-11-15(2)10-16(3)12-18;/h10-12,17H,5-9,13-14H2,1-4H3,(H,20,21);1H. The van der Waals surface area contributed by atoms with Crippen molar-refractivity contribution in [1.29, 1.82) is 0 Å². The number of aryl methyl sites for hydroxylation is 2. The number of benzene rings is 1. The molecule has 5 nitrogen and oxygen atoms in total. The van der Waals surface area contributed by atoms with Crippen molar-refractivity contribution >= 4 is 29.9 Å². The molecular weight excluding hydrogens is 429 g/mol. The smallest absolute Gasteiger partial charge is 0.193 e. The molecule has 1 aromatic rings. The van der Waals surface area contributed by atoms with Crippen molar-refractivity contribution in [2.75, 3.05) is 46.5 Å². The van der Waals surface area contributed by atoms with Gasteiger partial charge in [0.15, 0.2) is 5.96 Å². The molecule has 1 aliphatic rings. The van der Waals surface area contributed by atoms with Crippen LogP contribution in [0.25, 0.3) is 0 Å². The second kappa shape index (κ2) is 11.6. The van der Waals surface area contributed by atoms with Crippen LogP contribution in [-0.2, 0) is 4.74 Å². The molecule has 1 aromatic carbocycles. The summed E-state index contributed by atoms with van der Waals surface area (Å²) in [6, 6.07) is 6.28. The molecule has 1 N–H and O–H groups in total. The highest BCUT2D eigenvalue weighted by Crippen LogP contribution is 2.16. The first-order chi connectivity index (χ1) is 11.6. The van der Waals surface area contributed by atoms with Crippen molar-refractivity contribution in [2.24, 2.45) is 10.9 Å². The maximum absolute atomic E-state index is 5.84. The third-order valence-corrected chi connectivity index (χ3v) is 4.07. The molecule has 1 fully saturated rings. The van der Waals surface area contributed by atoms with Crippen LogP contribution >= 0.6 is 24.0 Å². The molecule has 6 heteroatoms. The average Bonchev–Trinajstić information content (AvgIpc) is 3.02. The van der Waals surface area contributed by atoms with E-state index in [1.807, 2.05) is 0 Å². The molecule has 1 unspecified atom stereocenters. The summed E-state index contributed by atoms with van der Waals surface area (Å²) in [6.07, 6.45) is 1.14. The second-order valence-corrected chi connectivity index (χ2v) is 6.52. The Morgan fingerprint density at radius 1 is 1.32 bits per heavy atom. The minimum absolute atomic E-state index is 0. The summed E-state index contributed by atoms with van der Waals surface area (Å²) in [5.74, 6) is 2.46. The molecular formula is C19H32IN3O2. The van der Waals surface area contributed by atoms with E-state index < -0.39 is 0 Å². The normalized spacial score (nSPS) is 17.1. The van der Waals surface area contributed by atoms with E-state index in [9.17, 15) is 0 Å². The number of hydrogen-bond donors (Lipinski definition) is 1. The summed E-state index contributed by atoms with van der Waals surface area (Å²) >= 11 is 0. The van der Waals surface area contributed by atoms with E-state index in [-0.39, 0.29) is 24.0 Å². The van der Waals surface area contributed by atoms with E-state index >= 15 is 0 Å². The Hall–Kier alpha value is -1.02. The van der Waals surface area contributed by atoms with Gasteiger partial charge >= 0.3 is 0 Å². The first kappa shape index (κ1) is 22.0. The third-order valence-electron chi connectivity index (χ3n) is 4.07. The Morgan fingerprint density at radius 3 is 2.64 bits per heavy atom. The molecule has 142 valence electrons. The highest BCUT2D eigenvalue weighted by atomic mass is 127. The number of hydrogen-bond acceptors (Lipinski definition) is 3. The van der Waals surface area contributed by atoms with E-state index in [0.29, 0.717) is 19.1 Å². The predicted molar refractivity (Wildman–Crippen MR) is 114 cm³/mol. The molecule has 1 heterocycles. The molecule has 2 rings (SSSR count). The zero-order chi connectivity index (χ0) is 17.4. The number of rotatable bonds is 7. The number of halogens is 1. The Bertz CT molecular complexity index is 525. The number of ether oxygens (including phenoxy) is 2. The van der Waals surface area contributed by atoms with Gasteiger partial charge < -0.3 is 19.7 Å². The summed E-state index contributed by atoms with van der Waals surface area (Å²) in [5, 5.41) is 3.35. The molecule has 0 spiro atoms. The molecule has 0 aliphatic carbocycles. The van der Waals surface area contributed by atoms with Gasteiger partial charge in [-0.05, 0) is 50.5 Å². The molecule has 1 atom stereocenters. The molecule has 25 heavy (non-hydrogen) atoms. The van der Waals surface area contributed by atoms with E-state index in [2.05, 4.69) is 61.2 Å². The lowest BCUT2D eigenvalue weighted by molar-refractivity contribution is 0.181. The topological polar surface area (TPSA) is 46.1 Å². The summed E-state index contributed by atoms with van der Waals surface area (Å²) in [6.45, 7) is 11.1. The largest absolute Gasteiger partial charge is 0.492 e. The van der Waals surface area contributed by atoms with Crippen LogP contribution < -0.4 is 10.1 Å². The van der Waals surface area contributed by atoms with Crippen molar-refractivity contribution in [1.82, 2.24) is 10.2 Å². The van der Waals surface area contributed by atoms with E-state index in [4.69, 9.17) is 9.47 Å². The van der Waals surface area contributed by atoms with Crippen LogP contribution in [0.3, 0.4) is 0 Å². The van der Waals surface area contributed by atoms with Crippen molar-refractivity contribution in [2.45, 2.75) is 27.2 Å². The monoisotopic (exact) mass is 461 g/mol. The first-order valence-electron chi connectivity index (χ1n) is 8.86. The van der Waals surface area contributed by atoms with Crippen LogP contribution in [0.2, 0.25) is 0 Å². The van der Waals surface area contributed by atoms with Crippen molar-refractivity contribution in [3.8, 4) is 5.75 Å². The summed E-state index contributed by atoms with van der Waals surface area (Å²) in [7, 11) is 2.09. The van der Waals surface area contributed by atoms with E-state index in [1.54, 1.807) is 0 Å². The van der Waals surface area contributed by atoms with Crippen molar-refractivity contribution in [3.63, 3.8) is 0 Å². The summed E-state index contributed by atoms with van der Waals surface area (Å²) < 4.78 is 11.3. The summed E-state index contributed by atoms with van der Waals surface area (Å²) in [4.78, 5) is 6.88. The van der Waals surface area contributed by atoms with Crippen molar-refractivity contribution in [3.05, 3.63) is 29.3 Å². The van der Waals surface area contributed by atoms with E-state index in [0.717, 1.165) is 44.4 Å². The van der Waals surface area contributed by atoms with Crippen LogP contribution in [0, 0.1) is 19.8 Å². The van der Waals surface area contributed by atoms with Gasteiger partial charge in [-0.1, -0.05) is 6.07 Å². The molecule has 0 amide bonds. The predicted octanol–water partition coefficient (Wildman–Crippen LogP) is 3.23. The van der Waals surface area contributed by atoms with Crippen LogP contribution in [0.15, 0.2) is 23.2 Å².